The summed E-state index contributed by atoms with van der Waals surface area (Å²) in [5.41, 5.74) is 6.08. The molecule has 0 aliphatic rings. The molecule has 0 atom stereocenters. The first kappa shape index (κ1) is 15.6. The van der Waals surface area contributed by atoms with Crippen LogP contribution in [0.25, 0.3) is 0 Å². The number of rotatable bonds is 5. The number of amides is 1. The number of benzene rings is 1. The summed E-state index contributed by atoms with van der Waals surface area (Å²) in [6, 6.07) is 2.84. The van der Waals surface area contributed by atoms with Crippen LogP contribution in [0.5, 0.6) is 0 Å². The maximum absolute atomic E-state index is 11.8. The Morgan fingerprint density at radius 1 is 1.32 bits per heavy atom. The molecule has 0 spiro atoms. The largest absolute Gasteiger partial charge is 0.466 e. The monoisotopic (exact) mass is 304 g/mol. The molecular weight excluding hydrogens is 291 g/mol. The third-order valence-corrected chi connectivity index (χ3v) is 2.89. The fraction of sp³-hybridized carbons (Fsp3) is 0.333. The van der Waals surface area contributed by atoms with E-state index in [0.29, 0.717) is 6.61 Å². The average Bonchev–Trinajstić information content (AvgIpc) is 2.35. The van der Waals surface area contributed by atoms with Crippen molar-refractivity contribution in [3.05, 3.63) is 27.7 Å². The molecule has 0 aliphatic heterocycles. The van der Waals surface area contributed by atoms with Crippen molar-refractivity contribution >= 4 is 40.8 Å². The maximum atomic E-state index is 11.8. The second kappa shape index (κ2) is 7.21. The second-order valence-corrected chi connectivity index (χ2v) is 4.48. The molecular formula is C12H14Cl2N2O3. The zero-order valence-electron chi connectivity index (χ0n) is 10.3. The third-order valence-electron chi connectivity index (χ3n) is 2.26. The van der Waals surface area contributed by atoms with Crippen molar-refractivity contribution in [1.29, 1.82) is 0 Å². The number of esters is 1. The lowest BCUT2D eigenvalue weighted by molar-refractivity contribution is -0.142. The van der Waals surface area contributed by atoms with Crippen molar-refractivity contribution in [3.8, 4) is 0 Å². The van der Waals surface area contributed by atoms with Crippen molar-refractivity contribution in [1.82, 2.24) is 5.32 Å². The van der Waals surface area contributed by atoms with Crippen molar-refractivity contribution < 1.29 is 14.3 Å². The molecule has 7 heteroatoms. The predicted molar refractivity (Wildman–Crippen MR) is 74.5 cm³/mol. The highest BCUT2D eigenvalue weighted by Gasteiger charge is 2.11. The number of carbonyl (C=O) groups excluding carboxylic acids is 2. The Labute approximate surface area is 121 Å². The second-order valence-electron chi connectivity index (χ2n) is 3.66. The van der Waals surface area contributed by atoms with E-state index >= 15 is 0 Å². The molecule has 0 unspecified atom stereocenters. The predicted octanol–water partition coefficient (Wildman–Crippen LogP) is 2.26. The van der Waals surface area contributed by atoms with Gasteiger partial charge in [-0.25, -0.2) is 0 Å². The average molecular weight is 305 g/mol. The standard InChI is InChI=1S/C12H14Cl2N2O3/c1-2-19-10(17)3-4-16-12(18)7-5-8(13)11(15)9(14)6-7/h5-6H,2-4,15H2,1H3,(H,16,18). The van der Waals surface area contributed by atoms with Gasteiger partial charge in [-0.15, -0.1) is 0 Å². The molecule has 0 bridgehead atoms. The Bertz CT molecular complexity index is 469. The third kappa shape index (κ3) is 4.61. The van der Waals surface area contributed by atoms with E-state index in [1.165, 1.54) is 12.1 Å². The first-order valence-corrected chi connectivity index (χ1v) is 6.39. The van der Waals surface area contributed by atoms with Gasteiger partial charge in [-0.3, -0.25) is 9.59 Å². The van der Waals surface area contributed by atoms with Gasteiger partial charge in [-0.05, 0) is 19.1 Å². The molecule has 0 aliphatic carbocycles. The van der Waals surface area contributed by atoms with Crippen LogP contribution in [0.1, 0.15) is 23.7 Å². The van der Waals surface area contributed by atoms with Gasteiger partial charge in [0.2, 0.25) is 0 Å². The zero-order valence-corrected chi connectivity index (χ0v) is 11.8. The van der Waals surface area contributed by atoms with Crippen LogP contribution < -0.4 is 11.1 Å². The molecule has 19 heavy (non-hydrogen) atoms. The van der Waals surface area contributed by atoms with E-state index in [0.717, 1.165) is 0 Å². The fourth-order valence-electron chi connectivity index (χ4n) is 1.33. The number of hydrogen-bond acceptors (Lipinski definition) is 4. The van der Waals surface area contributed by atoms with Gasteiger partial charge in [0.1, 0.15) is 0 Å². The summed E-state index contributed by atoms with van der Waals surface area (Å²) >= 11 is 11.7. The number of anilines is 1. The highest BCUT2D eigenvalue weighted by molar-refractivity contribution is 6.39. The molecule has 0 saturated heterocycles. The quantitative estimate of drug-likeness (QED) is 0.646. The number of carbonyl (C=O) groups is 2. The number of nitrogens with one attached hydrogen (secondary N) is 1. The Balaban J connectivity index is 2.57. The van der Waals surface area contributed by atoms with Crippen molar-refractivity contribution in [2.24, 2.45) is 0 Å². The Morgan fingerprint density at radius 2 is 1.89 bits per heavy atom. The van der Waals surface area contributed by atoms with E-state index in [1.807, 2.05) is 0 Å². The molecule has 3 N–H and O–H groups in total. The summed E-state index contributed by atoms with van der Waals surface area (Å²) in [5, 5.41) is 2.99. The zero-order chi connectivity index (χ0) is 14.4. The molecule has 1 aromatic rings. The van der Waals surface area contributed by atoms with Gasteiger partial charge in [-0.2, -0.15) is 0 Å². The summed E-state index contributed by atoms with van der Waals surface area (Å²) < 4.78 is 4.73. The van der Waals surface area contributed by atoms with E-state index < -0.39 is 0 Å². The summed E-state index contributed by atoms with van der Waals surface area (Å²) in [6.07, 6.45) is 0.107. The SMILES string of the molecule is CCOC(=O)CCNC(=O)c1cc(Cl)c(N)c(Cl)c1. The van der Waals surface area contributed by atoms with Crippen LogP contribution >= 0.6 is 23.2 Å². The molecule has 0 heterocycles. The van der Waals surface area contributed by atoms with Gasteiger partial charge in [0.25, 0.3) is 5.91 Å². The number of ether oxygens (including phenoxy) is 1. The van der Waals surface area contributed by atoms with Crippen LogP contribution in [0.3, 0.4) is 0 Å². The lowest BCUT2D eigenvalue weighted by Gasteiger charge is -2.07. The van der Waals surface area contributed by atoms with Crippen LogP contribution in [-0.2, 0) is 9.53 Å². The van der Waals surface area contributed by atoms with Crippen LogP contribution in [0.15, 0.2) is 12.1 Å². The van der Waals surface area contributed by atoms with Crippen LogP contribution in [0.4, 0.5) is 5.69 Å². The first-order valence-electron chi connectivity index (χ1n) is 5.64. The molecule has 0 aromatic heterocycles. The van der Waals surface area contributed by atoms with E-state index in [2.05, 4.69) is 5.32 Å². The van der Waals surface area contributed by atoms with Gasteiger partial charge in [-0.1, -0.05) is 23.2 Å². The Hall–Kier alpha value is -1.46. The van der Waals surface area contributed by atoms with Gasteiger partial charge < -0.3 is 15.8 Å². The molecule has 104 valence electrons. The molecule has 0 radical (unpaired) electrons. The van der Waals surface area contributed by atoms with Crippen molar-refractivity contribution in [2.75, 3.05) is 18.9 Å². The van der Waals surface area contributed by atoms with Crippen molar-refractivity contribution in [2.45, 2.75) is 13.3 Å². The summed E-state index contributed by atoms with van der Waals surface area (Å²) in [6.45, 7) is 2.21. The lowest BCUT2D eigenvalue weighted by atomic mass is 10.2. The minimum Gasteiger partial charge on any atom is -0.466 e. The van der Waals surface area contributed by atoms with Crippen LogP contribution in [0, 0.1) is 0 Å². The molecule has 1 amide bonds. The molecule has 0 saturated carbocycles. The molecule has 0 fully saturated rings. The van der Waals surface area contributed by atoms with E-state index in [1.54, 1.807) is 6.92 Å². The molecule has 5 nitrogen and oxygen atoms in total. The minimum absolute atomic E-state index is 0.107. The number of halogens is 2. The van der Waals surface area contributed by atoms with Crippen LogP contribution in [0.2, 0.25) is 10.0 Å². The number of nitrogen functional groups attached to an aromatic ring is 1. The first-order chi connectivity index (χ1) is 8.95. The van der Waals surface area contributed by atoms with Gasteiger partial charge in [0, 0.05) is 12.1 Å². The smallest absolute Gasteiger partial charge is 0.307 e. The summed E-state index contributed by atoms with van der Waals surface area (Å²) in [4.78, 5) is 22.9. The van der Waals surface area contributed by atoms with E-state index in [-0.39, 0.29) is 46.1 Å². The lowest BCUT2D eigenvalue weighted by Crippen LogP contribution is -2.26. The molecule has 1 aromatic carbocycles. The Kier molecular flexibility index (Phi) is 5.92. The van der Waals surface area contributed by atoms with Crippen molar-refractivity contribution in [3.63, 3.8) is 0 Å². The topological polar surface area (TPSA) is 81.4 Å². The van der Waals surface area contributed by atoms with E-state index in [9.17, 15) is 9.59 Å². The maximum Gasteiger partial charge on any atom is 0.307 e. The summed E-state index contributed by atoms with van der Waals surface area (Å²) in [7, 11) is 0. The summed E-state index contributed by atoms with van der Waals surface area (Å²) in [5.74, 6) is -0.746. The minimum atomic E-state index is -0.381. The molecule has 1 rings (SSSR count). The fourth-order valence-corrected chi connectivity index (χ4v) is 1.82. The normalized spacial score (nSPS) is 10.1. The van der Waals surface area contributed by atoms with Gasteiger partial charge in [0.05, 0.1) is 28.8 Å². The Morgan fingerprint density at radius 3 is 2.42 bits per heavy atom. The highest BCUT2D eigenvalue weighted by Crippen LogP contribution is 2.28. The van der Waals surface area contributed by atoms with Gasteiger partial charge in [0.15, 0.2) is 0 Å². The number of nitrogens with two attached hydrogens (primary N) is 1. The number of hydrogen-bond donors (Lipinski definition) is 2. The van der Waals surface area contributed by atoms with Crippen LogP contribution in [-0.4, -0.2) is 25.0 Å². The highest BCUT2D eigenvalue weighted by atomic mass is 35.5. The van der Waals surface area contributed by atoms with E-state index in [4.69, 9.17) is 33.7 Å². The van der Waals surface area contributed by atoms with Gasteiger partial charge >= 0.3 is 5.97 Å².